The standard InChI is InChI=1S/C49H55N7O16/c50-40(60)31(18-4-7-26-53-46(66)37-30(47(67)68)17-12-21-34(37)57)54-44(64)33(20-6-9-25-52-43(63)29-16-11-23-36(59)39(29)49(71)72)56-45(65)32(55-41(61)27-13-2-1-3-14-27)19-5-8-24-51-42(62)28-15-10-22-35(58)38(28)48(69)70/h1-3,10-17,21-23,31-33,57-59H,4-9,18-20,24-26H2,(H2,50,60)(H,51,62)(H,52,63)(H,53,66)(H,54,64)(H,55,61)(H,56,65)(H,67,68)(H,69,70)(H,71,72)/t31-,32-,33-/m0/s1. The van der Waals surface area contributed by atoms with E-state index < -0.39 is 117 Å². The van der Waals surface area contributed by atoms with Crippen LogP contribution in [0.4, 0.5) is 0 Å². The summed E-state index contributed by atoms with van der Waals surface area (Å²) in [6.45, 7) is -0.0922. The highest BCUT2D eigenvalue weighted by molar-refractivity contribution is 6.08. The number of aromatic hydroxyl groups is 3. The fourth-order valence-corrected chi connectivity index (χ4v) is 7.37. The first-order valence-electron chi connectivity index (χ1n) is 22.6. The van der Waals surface area contributed by atoms with E-state index in [0.717, 1.165) is 24.3 Å². The highest BCUT2D eigenvalue weighted by Gasteiger charge is 2.30. The Balaban J connectivity index is 1.46. The van der Waals surface area contributed by atoms with E-state index in [-0.39, 0.29) is 94.1 Å². The molecule has 0 fully saturated rings. The third-order valence-electron chi connectivity index (χ3n) is 11.1. The van der Waals surface area contributed by atoms with Crippen LogP contribution in [0.25, 0.3) is 0 Å². The van der Waals surface area contributed by atoms with Crippen molar-refractivity contribution >= 4 is 59.3 Å². The molecule has 3 atom stereocenters. The molecule has 0 saturated heterocycles. The number of nitrogens with one attached hydrogen (secondary N) is 6. The molecule has 0 aliphatic rings. The summed E-state index contributed by atoms with van der Waals surface area (Å²) >= 11 is 0. The van der Waals surface area contributed by atoms with E-state index in [0.29, 0.717) is 0 Å². The van der Waals surface area contributed by atoms with Crippen LogP contribution in [0.1, 0.15) is 130 Å². The second kappa shape index (κ2) is 27.2. The maximum atomic E-state index is 14.1. The molecule has 0 bridgehead atoms. The van der Waals surface area contributed by atoms with Gasteiger partial charge in [-0.2, -0.15) is 0 Å². The van der Waals surface area contributed by atoms with Gasteiger partial charge in [0.25, 0.3) is 23.6 Å². The average Bonchev–Trinajstić information content (AvgIpc) is 3.34. The fourth-order valence-electron chi connectivity index (χ4n) is 7.37. The van der Waals surface area contributed by atoms with Gasteiger partial charge in [-0.3, -0.25) is 33.6 Å². The van der Waals surface area contributed by atoms with Gasteiger partial charge in [-0.05, 0) is 106 Å². The monoisotopic (exact) mass is 997 g/mol. The van der Waals surface area contributed by atoms with Crippen LogP contribution in [0.3, 0.4) is 0 Å². The molecule has 14 N–H and O–H groups in total. The Labute approximate surface area is 411 Å². The maximum Gasteiger partial charge on any atom is 0.340 e. The van der Waals surface area contributed by atoms with Gasteiger partial charge in [0.15, 0.2) is 0 Å². The van der Waals surface area contributed by atoms with Gasteiger partial charge in [-0.15, -0.1) is 0 Å². The second-order valence-corrected chi connectivity index (χ2v) is 16.2. The molecule has 4 aromatic rings. The molecule has 4 rings (SSSR count). The van der Waals surface area contributed by atoms with Gasteiger partial charge >= 0.3 is 17.9 Å². The minimum Gasteiger partial charge on any atom is -0.507 e. The second-order valence-electron chi connectivity index (χ2n) is 16.2. The lowest BCUT2D eigenvalue weighted by Crippen LogP contribution is -2.56. The van der Waals surface area contributed by atoms with Crippen molar-refractivity contribution in [1.82, 2.24) is 31.9 Å². The predicted molar refractivity (Wildman–Crippen MR) is 255 cm³/mol. The Hall–Kier alpha value is -9.02. The Bertz CT molecular complexity index is 2660. The first-order chi connectivity index (χ1) is 34.3. The smallest absolute Gasteiger partial charge is 0.340 e. The number of unbranched alkanes of at least 4 members (excludes halogenated alkanes) is 3. The minimum atomic E-state index is -1.53. The molecule has 72 heavy (non-hydrogen) atoms. The molecular weight excluding hydrogens is 943 g/mol. The number of hydrogen-bond acceptors (Lipinski definition) is 13. The Morgan fingerprint density at radius 1 is 0.403 bits per heavy atom. The summed E-state index contributed by atoms with van der Waals surface area (Å²) < 4.78 is 0. The van der Waals surface area contributed by atoms with Crippen LogP contribution >= 0.6 is 0 Å². The molecule has 0 spiro atoms. The molecule has 0 saturated carbocycles. The van der Waals surface area contributed by atoms with E-state index in [2.05, 4.69) is 31.9 Å². The van der Waals surface area contributed by atoms with Crippen LogP contribution in [0.2, 0.25) is 0 Å². The van der Waals surface area contributed by atoms with Crippen LogP contribution in [-0.4, -0.2) is 128 Å². The van der Waals surface area contributed by atoms with E-state index in [1.165, 1.54) is 42.5 Å². The highest BCUT2D eigenvalue weighted by Crippen LogP contribution is 2.23. The van der Waals surface area contributed by atoms with Crippen molar-refractivity contribution in [3.63, 3.8) is 0 Å². The number of hydrogen-bond donors (Lipinski definition) is 13. The topological polar surface area (TPSA) is 390 Å². The number of primary amides is 1. The zero-order valence-electron chi connectivity index (χ0n) is 38.6. The van der Waals surface area contributed by atoms with Crippen molar-refractivity contribution < 1.29 is 78.6 Å². The summed E-state index contributed by atoms with van der Waals surface area (Å²) in [5, 5.41) is 74.0. The third kappa shape index (κ3) is 16.0. The van der Waals surface area contributed by atoms with Crippen molar-refractivity contribution in [2.45, 2.75) is 75.9 Å². The number of carbonyl (C=O) groups excluding carboxylic acids is 7. The quantitative estimate of drug-likeness (QED) is 0.0363. The lowest BCUT2D eigenvalue weighted by Gasteiger charge is -2.25. The summed E-state index contributed by atoms with van der Waals surface area (Å²) in [6, 6.07) is 14.8. The van der Waals surface area contributed by atoms with Crippen molar-refractivity contribution in [3.05, 3.63) is 124 Å². The number of carboxylic acid groups (broad SMARTS) is 3. The van der Waals surface area contributed by atoms with Crippen molar-refractivity contribution in [1.29, 1.82) is 0 Å². The molecule has 7 amide bonds. The number of nitrogens with two attached hydrogens (primary N) is 1. The molecule has 4 aromatic carbocycles. The Morgan fingerprint density at radius 2 is 0.792 bits per heavy atom. The van der Waals surface area contributed by atoms with Crippen molar-refractivity contribution in [2.75, 3.05) is 19.6 Å². The molecule has 0 aliphatic carbocycles. The van der Waals surface area contributed by atoms with Crippen LogP contribution < -0.4 is 37.6 Å². The normalized spacial score (nSPS) is 11.9. The summed E-state index contributed by atoms with van der Waals surface area (Å²) in [5.41, 5.74) is 3.22. The van der Waals surface area contributed by atoms with Crippen molar-refractivity contribution in [2.24, 2.45) is 5.73 Å². The van der Waals surface area contributed by atoms with Gasteiger partial charge in [-0.1, -0.05) is 36.4 Å². The third-order valence-corrected chi connectivity index (χ3v) is 11.1. The zero-order chi connectivity index (χ0) is 52.9. The van der Waals surface area contributed by atoms with Crippen LogP contribution in [0, 0.1) is 0 Å². The summed E-state index contributed by atoms with van der Waals surface area (Å²) in [7, 11) is 0. The first-order valence-corrected chi connectivity index (χ1v) is 22.6. The molecule has 382 valence electrons. The van der Waals surface area contributed by atoms with E-state index >= 15 is 0 Å². The molecule has 0 heterocycles. The van der Waals surface area contributed by atoms with E-state index in [4.69, 9.17) is 5.73 Å². The van der Waals surface area contributed by atoms with E-state index in [1.807, 2.05) is 0 Å². The summed E-state index contributed by atoms with van der Waals surface area (Å²) in [4.78, 5) is 128. The predicted octanol–water partition coefficient (Wildman–Crippen LogP) is 2.25. The number of rotatable bonds is 28. The summed E-state index contributed by atoms with van der Waals surface area (Å²) in [5.74, 6) is -12.0. The van der Waals surface area contributed by atoms with E-state index in [9.17, 15) is 78.6 Å². The molecular formula is C49H55N7O16. The maximum absolute atomic E-state index is 14.1. The number of benzene rings is 4. The fraction of sp³-hybridized carbons (Fsp3) is 0.306. The number of carboxylic acids is 3. The van der Waals surface area contributed by atoms with Crippen LogP contribution in [0.5, 0.6) is 17.2 Å². The molecule has 0 unspecified atom stereocenters. The molecule has 0 radical (unpaired) electrons. The van der Waals surface area contributed by atoms with Crippen LogP contribution in [0.15, 0.2) is 84.9 Å². The number of carbonyl (C=O) groups is 10. The number of aromatic carboxylic acids is 3. The molecule has 0 aromatic heterocycles. The number of phenols is 3. The van der Waals surface area contributed by atoms with Gasteiger partial charge in [0.1, 0.15) is 46.5 Å². The van der Waals surface area contributed by atoms with Gasteiger partial charge in [0.2, 0.25) is 17.7 Å². The van der Waals surface area contributed by atoms with E-state index in [1.54, 1.807) is 18.2 Å². The van der Waals surface area contributed by atoms with Crippen LogP contribution in [-0.2, 0) is 14.4 Å². The SMILES string of the molecule is NC(=O)[C@H](CCCCNC(=O)c1c(O)cccc1C(=O)O)NC(=O)[C@H](CCCCNC(=O)c1cccc(O)c1C(=O)O)NC(=O)[C@H](CCCCNC(=O)c1cccc(O)c1C(=O)O)NC(=O)c1ccccc1. The average molecular weight is 998 g/mol. The highest BCUT2D eigenvalue weighted by atomic mass is 16.4. The molecule has 0 aliphatic heterocycles. The van der Waals surface area contributed by atoms with Gasteiger partial charge in [0, 0.05) is 25.2 Å². The summed E-state index contributed by atoms with van der Waals surface area (Å²) in [6.07, 6.45) is 0.894. The Morgan fingerprint density at radius 3 is 1.22 bits per heavy atom. The lowest BCUT2D eigenvalue weighted by molar-refractivity contribution is -0.132. The first kappa shape index (κ1) is 55.6. The molecule has 23 nitrogen and oxygen atoms in total. The van der Waals surface area contributed by atoms with Gasteiger partial charge < -0.3 is 68.3 Å². The van der Waals surface area contributed by atoms with Crippen molar-refractivity contribution in [3.8, 4) is 17.2 Å². The number of phenolic OH excluding ortho intramolecular Hbond substituents is 1. The lowest BCUT2D eigenvalue weighted by atomic mass is 10.0. The Kier molecular flexibility index (Phi) is 21.0. The minimum absolute atomic E-state index is 0.0116. The zero-order valence-corrected chi connectivity index (χ0v) is 38.6. The largest absolute Gasteiger partial charge is 0.507 e. The van der Waals surface area contributed by atoms with Gasteiger partial charge in [0.05, 0.1) is 22.3 Å². The number of amides is 7. The van der Waals surface area contributed by atoms with Gasteiger partial charge in [-0.25, -0.2) is 14.4 Å². The molecule has 23 heteroatoms.